The van der Waals surface area contributed by atoms with Crippen LogP contribution in [0, 0.1) is 0 Å². The first-order valence-corrected chi connectivity index (χ1v) is 5.65. The Morgan fingerprint density at radius 3 is 2.57 bits per heavy atom. The molecule has 0 radical (unpaired) electrons. The van der Waals surface area contributed by atoms with Crippen LogP contribution in [-0.2, 0) is 14.8 Å². The average molecular weight is 219 g/mol. The fraction of sp³-hybridized carbons (Fsp3) is 0.556. The number of allylic oxidation sites excluding steroid dienone is 3. The van der Waals surface area contributed by atoms with E-state index in [1.165, 1.54) is 30.6 Å². The fourth-order valence-electron chi connectivity index (χ4n) is 0.838. The first-order chi connectivity index (χ1) is 6.46. The Hall–Kier alpha value is -0.650. The third kappa shape index (κ3) is 3.61. The molecule has 0 amide bonds. The van der Waals surface area contributed by atoms with Gasteiger partial charge < -0.3 is 4.74 Å². The molecule has 0 saturated carbocycles. The van der Waals surface area contributed by atoms with Gasteiger partial charge in [-0.25, -0.2) is 8.42 Å². The van der Waals surface area contributed by atoms with Crippen molar-refractivity contribution < 1.29 is 13.2 Å². The minimum atomic E-state index is -3.33. The molecule has 0 atom stereocenters. The van der Waals surface area contributed by atoms with E-state index in [1.807, 2.05) is 0 Å². The summed E-state index contributed by atoms with van der Waals surface area (Å²) in [6.07, 6.45) is 2.93. The largest absolute Gasteiger partial charge is 0.383 e. The third-order valence-corrected chi connectivity index (χ3v) is 3.73. The van der Waals surface area contributed by atoms with Crippen molar-refractivity contribution in [3.63, 3.8) is 0 Å². The summed E-state index contributed by atoms with van der Waals surface area (Å²) in [6.45, 7) is 5.73. The first-order valence-electron chi connectivity index (χ1n) is 4.21. The van der Waals surface area contributed by atoms with Gasteiger partial charge in [0.15, 0.2) is 0 Å². The molecule has 0 bridgehead atoms. The van der Waals surface area contributed by atoms with E-state index in [4.69, 9.17) is 4.74 Å². The smallest absolute Gasteiger partial charge is 0.238 e. The van der Waals surface area contributed by atoms with Gasteiger partial charge in [-0.2, -0.15) is 4.31 Å². The van der Waals surface area contributed by atoms with E-state index < -0.39 is 10.0 Å². The van der Waals surface area contributed by atoms with E-state index in [2.05, 4.69) is 6.58 Å². The Balaban J connectivity index is 4.61. The predicted octanol–water partition coefficient (Wildman–Crippen LogP) is 0.984. The minimum absolute atomic E-state index is 0.283. The van der Waals surface area contributed by atoms with Gasteiger partial charge in [0.05, 0.1) is 11.5 Å². The Bertz CT molecular complexity index is 306. The molecular weight excluding hydrogens is 202 g/mol. The molecule has 0 aromatic carbocycles. The normalized spacial score (nSPS) is 13.3. The summed E-state index contributed by atoms with van der Waals surface area (Å²) in [5.41, 5.74) is 0. The highest BCUT2D eigenvalue weighted by Crippen LogP contribution is 2.10. The quantitative estimate of drug-likeness (QED) is 0.626. The fourth-order valence-corrected chi connectivity index (χ4v) is 1.91. The Labute approximate surface area is 85.9 Å². The standard InChI is InChI=1S/C9H17NO3S/c1-5-6-9(2)14(11,12)10(3)7-8-13-4/h5-6H,1,7-8H2,2-4H3/b9-6+. The second-order valence-corrected chi connectivity index (χ2v) is 5.05. The molecule has 0 rings (SSSR count). The lowest BCUT2D eigenvalue weighted by atomic mass is 10.5. The predicted molar refractivity (Wildman–Crippen MR) is 57.4 cm³/mol. The Morgan fingerprint density at radius 1 is 1.57 bits per heavy atom. The zero-order valence-electron chi connectivity index (χ0n) is 8.86. The lowest BCUT2D eigenvalue weighted by molar-refractivity contribution is 0.185. The van der Waals surface area contributed by atoms with Crippen LogP contribution in [0.1, 0.15) is 6.92 Å². The maximum absolute atomic E-state index is 11.7. The Morgan fingerprint density at radius 2 is 2.14 bits per heavy atom. The molecular formula is C9H17NO3S. The SMILES string of the molecule is C=C/C=C(\C)S(=O)(=O)N(C)CCOC. The van der Waals surface area contributed by atoms with Gasteiger partial charge in [0.2, 0.25) is 10.0 Å². The molecule has 4 nitrogen and oxygen atoms in total. The van der Waals surface area contributed by atoms with Crippen molar-refractivity contribution in [1.82, 2.24) is 4.31 Å². The maximum Gasteiger partial charge on any atom is 0.238 e. The van der Waals surface area contributed by atoms with Crippen LogP contribution in [0.2, 0.25) is 0 Å². The van der Waals surface area contributed by atoms with Crippen molar-refractivity contribution >= 4 is 10.0 Å². The molecule has 0 heterocycles. The molecule has 82 valence electrons. The highest BCUT2D eigenvalue weighted by molar-refractivity contribution is 7.92. The number of likely N-dealkylation sites (N-methyl/N-ethyl adjacent to an activating group) is 1. The topological polar surface area (TPSA) is 46.6 Å². The van der Waals surface area contributed by atoms with Crippen LogP contribution < -0.4 is 0 Å². The number of rotatable bonds is 6. The second-order valence-electron chi connectivity index (χ2n) is 2.83. The summed E-state index contributed by atoms with van der Waals surface area (Å²) in [6, 6.07) is 0. The zero-order valence-corrected chi connectivity index (χ0v) is 9.67. The maximum atomic E-state index is 11.7. The van der Waals surface area contributed by atoms with Crippen LogP contribution in [0.15, 0.2) is 23.6 Å². The summed E-state index contributed by atoms with van der Waals surface area (Å²) in [5, 5.41) is 0. The lowest BCUT2D eigenvalue weighted by Crippen LogP contribution is -2.30. The summed E-state index contributed by atoms with van der Waals surface area (Å²) in [5.74, 6) is 0. The lowest BCUT2D eigenvalue weighted by Gasteiger charge is -2.16. The monoisotopic (exact) mass is 219 g/mol. The van der Waals surface area contributed by atoms with Crippen molar-refractivity contribution in [2.45, 2.75) is 6.92 Å². The van der Waals surface area contributed by atoms with E-state index in [0.717, 1.165) is 0 Å². The molecule has 0 fully saturated rings. The summed E-state index contributed by atoms with van der Waals surface area (Å²) < 4.78 is 29.4. The van der Waals surface area contributed by atoms with Gasteiger partial charge in [-0.05, 0) is 13.0 Å². The number of nitrogens with zero attached hydrogens (tertiary/aromatic N) is 1. The van der Waals surface area contributed by atoms with Crippen LogP contribution in [0.25, 0.3) is 0 Å². The first kappa shape index (κ1) is 13.4. The molecule has 0 aliphatic carbocycles. The highest BCUT2D eigenvalue weighted by Gasteiger charge is 2.18. The summed E-state index contributed by atoms with van der Waals surface area (Å²) in [7, 11) is -0.273. The molecule has 14 heavy (non-hydrogen) atoms. The molecule has 0 aliphatic heterocycles. The van der Waals surface area contributed by atoms with Crippen LogP contribution in [-0.4, -0.2) is 40.0 Å². The molecule has 0 aromatic rings. The average Bonchev–Trinajstić information content (AvgIpc) is 2.14. The number of sulfonamides is 1. The molecule has 5 heteroatoms. The molecule has 0 unspecified atom stereocenters. The van der Waals surface area contributed by atoms with Crippen LogP contribution in [0.4, 0.5) is 0 Å². The van der Waals surface area contributed by atoms with Crippen molar-refractivity contribution in [3.05, 3.63) is 23.6 Å². The molecule has 0 N–H and O–H groups in total. The third-order valence-electron chi connectivity index (χ3n) is 1.78. The van der Waals surface area contributed by atoms with Gasteiger partial charge in [0.1, 0.15) is 0 Å². The second kappa shape index (κ2) is 5.95. The molecule has 0 spiro atoms. The number of methoxy groups -OCH3 is 1. The molecule has 0 saturated heterocycles. The van der Waals surface area contributed by atoms with E-state index in [1.54, 1.807) is 6.92 Å². The van der Waals surface area contributed by atoms with Crippen molar-refractivity contribution in [3.8, 4) is 0 Å². The van der Waals surface area contributed by atoms with Gasteiger partial charge in [0.25, 0.3) is 0 Å². The van der Waals surface area contributed by atoms with Crippen LogP contribution >= 0.6 is 0 Å². The summed E-state index contributed by atoms with van der Waals surface area (Å²) in [4.78, 5) is 0.283. The van der Waals surface area contributed by atoms with Crippen molar-refractivity contribution in [2.75, 3.05) is 27.3 Å². The van der Waals surface area contributed by atoms with Gasteiger partial charge in [-0.1, -0.05) is 12.7 Å². The van der Waals surface area contributed by atoms with E-state index >= 15 is 0 Å². The van der Waals surface area contributed by atoms with Gasteiger partial charge in [0, 0.05) is 20.7 Å². The van der Waals surface area contributed by atoms with Gasteiger partial charge in [-0.15, -0.1) is 0 Å². The van der Waals surface area contributed by atoms with Gasteiger partial charge >= 0.3 is 0 Å². The molecule has 0 aliphatic rings. The Kier molecular flexibility index (Phi) is 5.68. The van der Waals surface area contributed by atoms with E-state index in [-0.39, 0.29) is 4.91 Å². The van der Waals surface area contributed by atoms with Crippen molar-refractivity contribution in [1.29, 1.82) is 0 Å². The number of ether oxygens (including phenoxy) is 1. The minimum Gasteiger partial charge on any atom is -0.383 e. The van der Waals surface area contributed by atoms with E-state index in [0.29, 0.717) is 13.2 Å². The van der Waals surface area contributed by atoms with Gasteiger partial charge in [-0.3, -0.25) is 0 Å². The summed E-state index contributed by atoms with van der Waals surface area (Å²) >= 11 is 0. The van der Waals surface area contributed by atoms with Crippen LogP contribution in [0.5, 0.6) is 0 Å². The van der Waals surface area contributed by atoms with Crippen LogP contribution in [0.3, 0.4) is 0 Å². The molecule has 0 aromatic heterocycles. The number of hydrogen-bond acceptors (Lipinski definition) is 3. The number of hydrogen-bond donors (Lipinski definition) is 0. The van der Waals surface area contributed by atoms with Crippen molar-refractivity contribution in [2.24, 2.45) is 0 Å². The highest BCUT2D eigenvalue weighted by atomic mass is 32.2. The van der Waals surface area contributed by atoms with E-state index in [9.17, 15) is 8.42 Å². The zero-order chi connectivity index (χ0) is 11.2.